The lowest BCUT2D eigenvalue weighted by molar-refractivity contribution is -0.116. The second kappa shape index (κ2) is 9.11. The Hall–Kier alpha value is -3.15. The van der Waals surface area contributed by atoms with Gasteiger partial charge in [-0.1, -0.05) is 55.4 Å². The van der Waals surface area contributed by atoms with Crippen molar-refractivity contribution in [2.45, 2.75) is 45.4 Å². The molecule has 1 amide bonds. The molecule has 0 unspecified atom stereocenters. The highest BCUT2D eigenvalue weighted by Gasteiger charge is 2.17. The van der Waals surface area contributed by atoms with Crippen LogP contribution in [-0.2, 0) is 11.2 Å². The molecule has 1 aliphatic heterocycles. The lowest BCUT2D eigenvalue weighted by atomic mass is 10.0. The monoisotopic (exact) mass is 404 g/mol. The molecule has 2 aromatic carbocycles. The molecular weight excluding hydrogens is 376 g/mol. The Morgan fingerprint density at radius 1 is 1.10 bits per heavy atom. The Morgan fingerprint density at radius 3 is 2.57 bits per heavy atom. The second-order valence-corrected chi connectivity index (χ2v) is 8.05. The lowest BCUT2D eigenvalue weighted by Gasteiger charge is -2.21. The van der Waals surface area contributed by atoms with Crippen LogP contribution in [0.1, 0.15) is 50.5 Å². The molecule has 1 N–H and O–H groups in total. The molecular formula is C24H28N4O2. The molecule has 0 spiro atoms. The summed E-state index contributed by atoms with van der Waals surface area (Å²) in [5.41, 5.74) is 4.14. The highest BCUT2D eigenvalue weighted by Crippen LogP contribution is 2.28. The fourth-order valence-electron chi connectivity index (χ4n) is 3.74. The Labute approximate surface area is 177 Å². The van der Waals surface area contributed by atoms with Crippen LogP contribution in [0.3, 0.4) is 0 Å². The van der Waals surface area contributed by atoms with Crippen molar-refractivity contribution in [2.24, 2.45) is 0 Å². The number of amides is 1. The van der Waals surface area contributed by atoms with Crippen molar-refractivity contribution in [1.82, 2.24) is 10.1 Å². The number of rotatable bonds is 7. The largest absolute Gasteiger partial charge is 0.370 e. The number of carbonyl (C=O) groups is 1. The molecule has 0 saturated carbocycles. The minimum atomic E-state index is -0.0531. The van der Waals surface area contributed by atoms with Crippen LogP contribution in [0.15, 0.2) is 53.1 Å². The van der Waals surface area contributed by atoms with Gasteiger partial charge in [0.05, 0.1) is 11.4 Å². The maximum Gasteiger partial charge on any atom is 0.227 e. The maximum atomic E-state index is 12.5. The Bertz CT molecular complexity index is 988. The van der Waals surface area contributed by atoms with Crippen molar-refractivity contribution in [2.75, 3.05) is 23.3 Å². The summed E-state index contributed by atoms with van der Waals surface area (Å²) in [5.74, 6) is 1.46. The molecule has 1 aliphatic rings. The van der Waals surface area contributed by atoms with E-state index < -0.39 is 0 Å². The van der Waals surface area contributed by atoms with E-state index >= 15 is 0 Å². The van der Waals surface area contributed by atoms with Crippen molar-refractivity contribution >= 4 is 17.3 Å². The van der Waals surface area contributed by atoms with E-state index in [4.69, 9.17) is 4.52 Å². The third-order valence-corrected chi connectivity index (χ3v) is 5.49. The van der Waals surface area contributed by atoms with E-state index in [1.807, 2.05) is 30.3 Å². The summed E-state index contributed by atoms with van der Waals surface area (Å²) in [4.78, 5) is 19.3. The quantitative estimate of drug-likeness (QED) is 0.598. The highest BCUT2D eigenvalue weighted by atomic mass is 16.5. The van der Waals surface area contributed by atoms with Gasteiger partial charge in [0.25, 0.3) is 0 Å². The zero-order chi connectivity index (χ0) is 20.9. The van der Waals surface area contributed by atoms with Gasteiger partial charge in [0.2, 0.25) is 17.6 Å². The molecule has 6 nitrogen and oxygen atoms in total. The van der Waals surface area contributed by atoms with Crippen LogP contribution in [0, 0.1) is 0 Å². The summed E-state index contributed by atoms with van der Waals surface area (Å²) in [7, 11) is 0. The van der Waals surface area contributed by atoms with Crippen LogP contribution < -0.4 is 10.2 Å². The van der Waals surface area contributed by atoms with Crippen LogP contribution >= 0.6 is 0 Å². The summed E-state index contributed by atoms with van der Waals surface area (Å²) in [6.07, 6.45) is 3.10. The maximum absolute atomic E-state index is 12.5. The van der Waals surface area contributed by atoms with Crippen LogP contribution in [0.25, 0.3) is 11.4 Å². The summed E-state index contributed by atoms with van der Waals surface area (Å²) in [5, 5.41) is 7.11. The smallest absolute Gasteiger partial charge is 0.227 e. The number of anilines is 2. The Kier molecular flexibility index (Phi) is 6.12. The van der Waals surface area contributed by atoms with Gasteiger partial charge < -0.3 is 14.7 Å². The molecule has 0 aliphatic carbocycles. The van der Waals surface area contributed by atoms with E-state index in [9.17, 15) is 4.79 Å². The van der Waals surface area contributed by atoms with Gasteiger partial charge in [-0.15, -0.1) is 0 Å². The van der Waals surface area contributed by atoms with E-state index in [1.165, 1.54) is 18.4 Å². The fraction of sp³-hybridized carbons (Fsp3) is 0.375. The average molecular weight is 405 g/mol. The number of carbonyl (C=O) groups excluding carboxylic acids is 1. The van der Waals surface area contributed by atoms with Gasteiger partial charge >= 0.3 is 0 Å². The Balaban J connectivity index is 1.35. The predicted molar refractivity (Wildman–Crippen MR) is 119 cm³/mol. The zero-order valence-electron chi connectivity index (χ0n) is 17.6. The summed E-state index contributed by atoms with van der Waals surface area (Å²) in [6, 6.07) is 16.2. The summed E-state index contributed by atoms with van der Waals surface area (Å²) in [6.45, 7) is 6.40. The van der Waals surface area contributed by atoms with E-state index in [-0.39, 0.29) is 5.91 Å². The third-order valence-electron chi connectivity index (χ3n) is 5.49. The SMILES string of the molecule is CC(C)c1ccc(-c2noc(CCC(=O)Nc3ccccc3N3CCCC3)n2)cc1. The molecule has 3 aromatic rings. The minimum Gasteiger partial charge on any atom is -0.370 e. The first-order valence-electron chi connectivity index (χ1n) is 10.7. The van der Waals surface area contributed by atoms with Crippen molar-refractivity contribution in [3.05, 3.63) is 60.0 Å². The van der Waals surface area contributed by atoms with Gasteiger partial charge in [-0.25, -0.2) is 0 Å². The van der Waals surface area contributed by atoms with E-state index in [0.717, 1.165) is 30.0 Å². The number of hydrogen-bond acceptors (Lipinski definition) is 5. The normalized spacial score (nSPS) is 13.8. The third kappa shape index (κ3) is 4.70. The van der Waals surface area contributed by atoms with Gasteiger partial charge in [0.15, 0.2) is 0 Å². The lowest BCUT2D eigenvalue weighted by Crippen LogP contribution is -2.21. The van der Waals surface area contributed by atoms with Crippen molar-refractivity contribution in [1.29, 1.82) is 0 Å². The molecule has 4 rings (SSSR count). The fourth-order valence-corrected chi connectivity index (χ4v) is 3.74. The molecule has 1 saturated heterocycles. The molecule has 0 radical (unpaired) electrons. The minimum absolute atomic E-state index is 0.0531. The zero-order valence-corrected chi connectivity index (χ0v) is 17.6. The highest BCUT2D eigenvalue weighted by molar-refractivity contribution is 5.94. The predicted octanol–water partition coefficient (Wildman–Crippen LogP) is 5.03. The Morgan fingerprint density at radius 2 is 1.83 bits per heavy atom. The molecule has 0 atom stereocenters. The van der Waals surface area contributed by atoms with Crippen molar-refractivity contribution < 1.29 is 9.32 Å². The molecule has 0 bridgehead atoms. The van der Waals surface area contributed by atoms with Gasteiger partial charge in [0.1, 0.15) is 0 Å². The number of nitrogens with one attached hydrogen (secondary N) is 1. The van der Waals surface area contributed by atoms with Gasteiger partial charge in [-0.05, 0) is 36.5 Å². The van der Waals surface area contributed by atoms with Crippen molar-refractivity contribution in [3.8, 4) is 11.4 Å². The second-order valence-electron chi connectivity index (χ2n) is 8.05. The van der Waals surface area contributed by atoms with Gasteiger partial charge in [-0.2, -0.15) is 4.98 Å². The topological polar surface area (TPSA) is 71.3 Å². The van der Waals surface area contributed by atoms with E-state index in [2.05, 4.69) is 52.4 Å². The number of hydrogen-bond donors (Lipinski definition) is 1. The molecule has 156 valence electrons. The first kappa shape index (κ1) is 20.1. The molecule has 30 heavy (non-hydrogen) atoms. The van der Waals surface area contributed by atoms with Gasteiger partial charge in [-0.3, -0.25) is 4.79 Å². The summed E-state index contributed by atoms with van der Waals surface area (Å²) < 4.78 is 5.35. The first-order chi connectivity index (χ1) is 14.6. The number of benzene rings is 2. The van der Waals surface area contributed by atoms with Crippen LogP contribution in [0.4, 0.5) is 11.4 Å². The first-order valence-corrected chi connectivity index (χ1v) is 10.7. The average Bonchev–Trinajstić information content (AvgIpc) is 3.45. The molecule has 1 fully saturated rings. The van der Waals surface area contributed by atoms with E-state index in [0.29, 0.717) is 30.5 Å². The molecule has 1 aromatic heterocycles. The van der Waals surface area contributed by atoms with Gasteiger partial charge in [0, 0.05) is 31.5 Å². The molecule has 2 heterocycles. The standard InChI is InChI=1S/C24H28N4O2/c1-17(2)18-9-11-19(12-10-18)24-26-23(30-27-24)14-13-22(29)25-20-7-3-4-8-21(20)28-15-5-6-16-28/h3-4,7-12,17H,5-6,13-16H2,1-2H3,(H,25,29). The van der Waals surface area contributed by atoms with E-state index in [1.54, 1.807) is 0 Å². The molecule has 6 heteroatoms. The van der Waals surface area contributed by atoms with Crippen molar-refractivity contribution in [3.63, 3.8) is 0 Å². The summed E-state index contributed by atoms with van der Waals surface area (Å²) >= 11 is 0. The van der Waals surface area contributed by atoms with Crippen LogP contribution in [0.5, 0.6) is 0 Å². The van der Waals surface area contributed by atoms with Crippen LogP contribution in [-0.4, -0.2) is 29.1 Å². The number of nitrogens with zero attached hydrogens (tertiary/aromatic N) is 3. The number of aromatic nitrogens is 2. The number of para-hydroxylation sites is 2. The number of aryl methyl sites for hydroxylation is 1. The van der Waals surface area contributed by atoms with Crippen LogP contribution in [0.2, 0.25) is 0 Å².